The maximum absolute atomic E-state index is 11.2. The van der Waals surface area contributed by atoms with Crippen LogP contribution in [0.1, 0.15) is 24.6 Å². The van der Waals surface area contributed by atoms with Crippen LogP contribution in [0.3, 0.4) is 0 Å². The molecule has 24 heavy (non-hydrogen) atoms. The first-order valence-corrected chi connectivity index (χ1v) is 7.82. The summed E-state index contributed by atoms with van der Waals surface area (Å²) in [4.78, 5) is 22.0. The molecule has 0 unspecified atom stereocenters. The number of hydrogen-bond acceptors (Lipinski definition) is 6. The molecule has 0 bridgehead atoms. The number of carbonyl (C=O) groups is 1. The largest absolute Gasteiger partial charge is 0.497 e. The van der Waals surface area contributed by atoms with Crippen molar-refractivity contribution in [2.75, 3.05) is 20.2 Å². The van der Waals surface area contributed by atoms with Gasteiger partial charge in [-0.15, -0.1) is 0 Å². The van der Waals surface area contributed by atoms with Crippen molar-refractivity contribution in [2.24, 2.45) is 5.73 Å². The van der Waals surface area contributed by atoms with Gasteiger partial charge in [-0.1, -0.05) is 0 Å². The van der Waals surface area contributed by atoms with E-state index in [-0.39, 0.29) is 18.5 Å². The van der Waals surface area contributed by atoms with Crippen molar-refractivity contribution in [3.05, 3.63) is 42.4 Å². The molecule has 1 aromatic carbocycles. The molecule has 1 amide bonds. The maximum atomic E-state index is 11.2. The van der Waals surface area contributed by atoms with Gasteiger partial charge in [0.1, 0.15) is 11.5 Å². The zero-order valence-corrected chi connectivity index (χ0v) is 13.5. The Morgan fingerprint density at radius 3 is 2.75 bits per heavy atom. The molecule has 0 spiro atoms. The maximum Gasteiger partial charge on any atom is 0.238 e. The number of primary amides is 1. The Bertz CT molecular complexity index is 705. The minimum Gasteiger partial charge on any atom is -0.497 e. The van der Waals surface area contributed by atoms with Crippen LogP contribution >= 0.6 is 0 Å². The molecule has 1 aliphatic heterocycles. The highest BCUT2D eigenvalue weighted by Gasteiger charge is 2.28. The van der Waals surface area contributed by atoms with E-state index in [4.69, 9.17) is 15.2 Å². The van der Waals surface area contributed by atoms with E-state index in [9.17, 15) is 4.79 Å². The smallest absolute Gasteiger partial charge is 0.238 e. The average molecular weight is 328 g/mol. The predicted octanol–water partition coefficient (Wildman–Crippen LogP) is 1.90. The highest BCUT2D eigenvalue weighted by molar-refractivity contribution is 5.76. The van der Waals surface area contributed by atoms with Crippen molar-refractivity contribution in [1.29, 1.82) is 0 Å². The lowest BCUT2D eigenvalue weighted by atomic mass is 10.1. The Balaban J connectivity index is 1.74. The first-order chi connectivity index (χ1) is 11.7. The highest BCUT2D eigenvalue weighted by Crippen LogP contribution is 2.31. The van der Waals surface area contributed by atoms with Crippen molar-refractivity contribution in [3.63, 3.8) is 0 Å². The lowest BCUT2D eigenvalue weighted by Gasteiger charge is -2.22. The monoisotopic (exact) mass is 328 g/mol. The van der Waals surface area contributed by atoms with Gasteiger partial charge >= 0.3 is 0 Å². The fourth-order valence-corrected chi connectivity index (χ4v) is 2.89. The lowest BCUT2D eigenvalue weighted by Crippen LogP contribution is -2.33. The molecule has 1 aliphatic rings. The second kappa shape index (κ2) is 7.27. The van der Waals surface area contributed by atoms with Crippen LogP contribution in [0.4, 0.5) is 0 Å². The molecule has 2 N–H and O–H groups in total. The summed E-state index contributed by atoms with van der Waals surface area (Å²) >= 11 is 0. The summed E-state index contributed by atoms with van der Waals surface area (Å²) in [5, 5.41) is 0. The molecule has 1 atom stereocenters. The van der Waals surface area contributed by atoms with Gasteiger partial charge in [0.05, 0.1) is 37.8 Å². The number of methoxy groups -OCH3 is 1. The van der Waals surface area contributed by atoms with Crippen LogP contribution in [0.5, 0.6) is 17.4 Å². The quantitative estimate of drug-likeness (QED) is 0.871. The summed E-state index contributed by atoms with van der Waals surface area (Å²) in [6.45, 7) is 1.06. The first kappa shape index (κ1) is 16.2. The van der Waals surface area contributed by atoms with Gasteiger partial charge in [-0.05, 0) is 43.7 Å². The fourth-order valence-electron chi connectivity index (χ4n) is 2.89. The minimum atomic E-state index is -0.333. The number of carbonyl (C=O) groups excluding carboxylic acids is 1. The van der Waals surface area contributed by atoms with Gasteiger partial charge in [0.25, 0.3) is 0 Å². The Kier molecular flexibility index (Phi) is 4.90. The molecule has 7 heteroatoms. The summed E-state index contributed by atoms with van der Waals surface area (Å²) in [7, 11) is 1.62. The first-order valence-electron chi connectivity index (χ1n) is 7.82. The van der Waals surface area contributed by atoms with Crippen LogP contribution in [0.25, 0.3) is 0 Å². The number of nitrogens with two attached hydrogens (primary N) is 1. The van der Waals surface area contributed by atoms with E-state index in [0.29, 0.717) is 11.6 Å². The fraction of sp³-hybridized carbons (Fsp3) is 0.353. The summed E-state index contributed by atoms with van der Waals surface area (Å²) in [5.41, 5.74) is 6.11. The van der Waals surface area contributed by atoms with Crippen molar-refractivity contribution in [1.82, 2.24) is 14.9 Å². The number of aromatic nitrogens is 2. The number of ether oxygens (including phenoxy) is 2. The van der Waals surface area contributed by atoms with E-state index in [1.165, 1.54) is 0 Å². The van der Waals surface area contributed by atoms with Crippen molar-refractivity contribution in [2.45, 2.75) is 18.9 Å². The molecule has 1 aromatic heterocycles. The summed E-state index contributed by atoms with van der Waals surface area (Å²) in [6.07, 6.45) is 5.21. The summed E-state index contributed by atoms with van der Waals surface area (Å²) < 4.78 is 10.9. The topological polar surface area (TPSA) is 90.6 Å². The molecule has 3 rings (SSSR count). The van der Waals surface area contributed by atoms with Crippen molar-refractivity contribution >= 4 is 5.91 Å². The van der Waals surface area contributed by atoms with Gasteiger partial charge in [0.15, 0.2) is 0 Å². The van der Waals surface area contributed by atoms with Gasteiger partial charge < -0.3 is 15.2 Å². The normalized spacial score (nSPS) is 17.6. The predicted molar refractivity (Wildman–Crippen MR) is 87.8 cm³/mol. The van der Waals surface area contributed by atoms with Crippen LogP contribution in [0.2, 0.25) is 0 Å². The van der Waals surface area contributed by atoms with E-state index in [2.05, 4.69) is 9.97 Å². The zero-order chi connectivity index (χ0) is 16.9. The molecule has 0 aliphatic carbocycles. The molecule has 1 fully saturated rings. The van der Waals surface area contributed by atoms with Crippen LogP contribution in [0.15, 0.2) is 36.7 Å². The van der Waals surface area contributed by atoms with E-state index in [0.717, 1.165) is 30.8 Å². The van der Waals surface area contributed by atoms with Crippen LogP contribution < -0.4 is 15.2 Å². The third-order valence-electron chi connectivity index (χ3n) is 3.98. The third-order valence-corrected chi connectivity index (χ3v) is 3.98. The Labute approximate surface area is 140 Å². The van der Waals surface area contributed by atoms with Gasteiger partial charge in [0.2, 0.25) is 11.8 Å². The van der Waals surface area contributed by atoms with Gasteiger partial charge in [-0.25, -0.2) is 4.98 Å². The van der Waals surface area contributed by atoms with E-state index >= 15 is 0 Å². The molecule has 2 heterocycles. The highest BCUT2D eigenvalue weighted by atomic mass is 16.5. The van der Waals surface area contributed by atoms with Crippen LogP contribution in [0, 0.1) is 0 Å². The van der Waals surface area contributed by atoms with Gasteiger partial charge in [-0.2, -0.15) is 0 Å². The number of benzene rings is 1. The van der Waals surface area contributed by atoms with Crippen LogP contribution in [-0.2, 0) is 4.79 Å². The van der Waals surface area contributed by atoms with E-state index in [1.807, 2.05) is 29.2 Å². The summed E-state index contributed by atoms with van der Waals surface area (Å²) in [5.74, 6) is 1.50. The number of rotatable bonds is 6. The second-order valence-corrected chi connectivity index (χ2v) is 5.65. The van der Waals surface area contributed by atoms with E-state index in [1.54, 1.807) is 19.5 Å². The molecule has 2 aromatic rings. The van der Waals surface area contributed by atoms with Gasteiger partial charge in [-0.3, -0.25) is 14.7 Å². The van der Waals surface area contributed by atoms with E-state index < -0.39 is 0 Å². The molecule has 1 saturated heterocycles. The van der Waals surface area contributed by atoms with Crippen LogP contribution in [-0.4, -0.2) is 41.0 Å². The summed E-state index contributed by atoms with van der Waals surface area (Å²) in [6, 6.07) is 7.30. The molecule has 0 saturated carbocycles. The second-order valence-electron chi connectivity index (χ2n) is 5.65. The Morgan fingerprint density at radius 1 is 1.29 bits per heavy atom. The molecular formula is C17H20N4O3. The number of amides is 1. The van der Waals surface area contributed by atoms with Gasteiger partial charge in [0, 0.05) is 0 Å². The molecule has 0 radical (unpaired) electrons. The van der Waals surface area contributed by atoms with Crippen molar-refractivity contribution in [3.8, 4) is 17.4 Å². The third kappa shape index (κ3) is 3.80. The number of nitrogens with zero attached hydrogens (tertiary/aromatic N) is 3. The van der Waals surface area contributed by atoms with Crippen molar-refractivity contribution < 1.29 is 14.3 Å². The Hall–Kier alpha value is -2.67. The molecule has 126 valence electrons. The average Bonchev–Trinajstić information content (AvgIpc) is 3.03. The Morgan fingerprint density at radius 2 is 2.04 bits per heavy atom. The zero-order valence-electron chi connectivity index (χ0n) is 13.5. The lowest BCUT2D eigenvalue weighted by molar-refractivity contribution is -0.119. The SMILES string of the molecule is COc1ccc(Oc2cncc([C@H]3CCCN3CC(N)=O)n2)cc1. The molecule has 7 nitrogen and oxygen atoms in total. The minimum absolute atomic E-state index is 0.0458. The number of hydrogen-bond donors (Lipinski definition) is 1. The molecular weight excluding hydrogens is 308 g/mol. The standard InChI is InChI=1S/C17H20N4O3/c1-23-12-4-6-13(7-5-12)24-17-10-19-9-14(20-17)15-3-2-8-21(15)11-16(18)22/h4-7,9-10,15H,2-3,8,11H2,1H3,(H2,18,22)/t15-/m1/s1. The number of likely N-dealkylation sites (tertiary alicyclic amines) is 1.